The Morgan fingerprint density at radius 3 is 2.36 bits per heavy atom. The first-order valence-electron chi connectivity index (χ1n) is 8.18. The Bertz CT molecular complexity index is 804. The Labute approximate surface area is 166 Å². The van der Waals surface area contributed by atoms with Crippen molar-refractivity contribution in [1.29, 1.82) is 0 Å². The molecule has 0 spiro atoms. The van der Waals surface area contributed by atoms with Crippen molar-refractivity contribution in [2.45, 2.75) is 12.4 Å². The van der Waals surface area contributed by atoms with Gasteiger partial charge < -0.3 is 24.3 Å². The molecule has 0 saturated carbocycles. The molecular weight excluding hydrogens is 392 g/mol. The van der Waals surface area contributed by atoms with Crippen LogP contribution in [0.5, 0.6) is 23.0 Å². The molecule has 6 nitrogen and oxygen atoms in total. The van der Waals surface area contributed by atoms with Crippen LogP contribution in [0.25, 0.3) is 0 Å². The van der Waals surface area contributed by atoms with E-state index in [1.165, 1.54) is 39.2 Å². The number of methoxy groups -OCH3 is 3. The summed E-state index contributed by atoms with van der Waals surface area (Å²) in [6.45, 7) is -2.92. The van der Waals surface area contributed by atoms with Gasteiger partial charge in [-0.1, -0.05) is 6.07 Å². The van der Waals surface area contributed by atoms with Crippen LogP contribution >= 0.6 is 11.8 Å². The van der Waals surface area contributed by atoms with Crippen LogP contribution in [0.4, 0.5) is 14.5 Å². The summed E-state index contributed by atoms with van der Waals surface area (Å²) in [4.78, 5) is 12.2. The Kier molecular flexibility index (Phi) is 8.19. The molecule has 2 rings (SSSR count). The average Bonchev–Trinajstić information content (AvgIpc) is 2.68. The zero-order valence-corrected chi connectivity index (χ0v) is 16.5. The highest BCUT2D eigenvalue weighted by atomic mass is 32.2. The van der Waals surface area contributed by atoms with Crippen LogP contribution in [0.15, 0.2) is 36.4 Å². The van der Waals surface area contributed by atoms with Gasteiger partial charge in [0.1, 0.15) is 11.5 Å². The molecule has 9 heteroatoms. The Balaban J connectivity index is 1.92. The number of rotatable bonds is 10. The van der Waals surface area contributed by atoms with Crippen molar-refractivity contribution in [3.8, 4) is 23.0 Å². The number of alkyl halides is 2. The van der Waals surface area contributed by atoms with Crippen LogP contribution in [0, 0.1) is 0 Å². The Hall–Kier alpha value is -2.68. The van der Waals surface area contributed by atoms with Crippen LogP contribution < -0.4 is 24.3 Å². The van der Waals surface area contributed by atoms with Gasteiger partial charge in [0.15, 0.2) is 11.5 Å². The number of thioether (sulfide) groups is 1. The minimum absolute atomic E-state index is 0.0332. The standard InChI is InChI=1S/C19H21F2NO5S/c1-24-13-5-7-15(25-2)14(9-13)22-18(23)11-28-10-12-4-6-16(27-19(20)21)17(8-12)26-3/h4-9,19H,10-11H2,1-3H3,(H,22,23). The summed E-state index contributed by atoms with van der Waals surface area (Å²) in [5, 5.41) is 2.78. The summed E-state index contributed by atoms with van der Waals surface area (Å²) in [5.41, 5.74) is 1.33. The van der Waals surface area contributed by atoms with Gasteiger partial charge in [-0.25, -0.2) is 0 Å². The molecule has 0 aliphatic carbocycles. The third kappa shape index (κ3) is 6.19. The Morgan fingerprint density at radius 2 is 1.71 bits per heavy atom. The summed E-state index contributed by atoms with van der Waals surface area (Å²) < 4.78 is 44.6. The molecule has 0 radical (unpaired) electrons. The SMILES string of the molecule is COc1ccc(OC)c(NC(=O)CSCc2ccc(OC(F)F)c(OC)c2)c1. The molecule has 152 valence electrons. The summed E-state index contributed by atoms with van der Waals surface area (Å²) in [7, 11) is 4.43. The number of amides is 1. The van der Waals surface area contributed by atoms with Crippen molar-refractivity contribution in [3.63, 3.8) is 0 Å². The van der Waals surface area contributed by atoms with E-state index in [4.69, 9.17) is 14.2 Å². The first kappa shape index (κ1) is 21.6. The van der Waals surface area contributed by atoms with Gasteiger partial charge in [0.25, 0.3) is 0 Å². The van der Waals surface area contributed by atoms with E-state index in [1.54, 1.807) is 30.3 Å². The fourth-order valence-corrected chi connectivity index (χ4v) is 3.13. The highest BCUT2D eigenvalue weighted by Gasteiger charge is 2.12. The van der Waals surface area contributed by atoms with Gasteiger partial charge >= 0.3 is 6.61 Å². The van der Waals surface area contributed by atoms with E-state index < -0.39 is 6.61 Å². The van der Waals surface area contributed by atoms with Crippen LogP contribution in [-0.2, 0) is 10.5 Å². The Morgan fingerprint density at radius 1 is 1.00 bits per heavy atom. The number of hydrogen-bond donors (Lipinski definition) is 1. The molecule has 0 aliphatic rings. The molecule has 0 atom stereocenters. The minimum Gasteiger partial charge on any atom is -0.497 e. The molecule has 2 aromatic rings. The predicted molar refractivity (Wildman–Crippen MR) is 104 cm³/mol. The summed E-state index contributed by atoms with van der Waals surface area (Å²) in [6.07, 6.45) is 0. The van der Waals surface area contributed by atoms with Crippen molar-refractivity contribution in [3.05, 3.63) is 42.0 Å². The van der Waals surface area contributed by atoms with E-state index in [2.05, 4.69) is 10.1 Å². The molecule has 0 saturated heterocycles. The van der Waals surface area contributed by atoms with Crippen molar-refractivity contribution >= 4 is 23.4 Å². The summed E-state index contributed by atoms with van der Waals surface area (Å²) in [6, 6.07) is 9.79. The summed E-state index contributed by atoms with van der Waals surface area (Å²) in [5.74, 6) is 1.78. The zero-order valence-electron chi connectivity index (χ0n) is 15.7. The lowest BCUT2D eigenvalue weighted by Gasteiger charge is -2.12. The molecule has 28 heavy (non-hydrogen) atoms. The molecule has 1 N–H and O–H groups in total. The first-order valence-corrected chi connectivity index (χ1v) is 9.33. The van der Waals surface area contributed by atoms with E-state index in [1.807, 2.05) is 0 Å². The van der Waals surface area contributed by atoms with Gasteiger partial charge in [-0.15, -0.1) is 11.8 Å². The van der Waals surface area contributed by atoms with Crippen molar-refractivity contribution < 1.29 is 32.5 Å². The monoisotopic (exact) mass is 413 g/mol. The second-order valence-electron chi connectivity index (χ2n) is 5.47. The van der Waals surface area contributed by atoms with Crippen molar-refractivity contribution in [2.24, 2.45) is 0 Å². The number of benzene rings is 2. The number of hydrogen-bond acceptors (Lipinski definition) is 6. The number of ether oxygens (including phenoxy) is 4. The first-order chi connectivity index (χ1) is 13.5. The van der Waals surface area contributed by atoms with Gasteiger partial charge in [-0.2, -0.15) is 8.78 Å². The highest BCUT2D eigenvalue weighted by Crippen LogP contribution is 2.31. The largest absolute Gasteiger partial charge is 0.497 e. The molecule has 0 aliphatic heterocycles. The van der Waals surface area contributed by atoms with Gasteiger partial charge in [-0.3, -0.25) is 4.79 Å². The van der Waals surface area contributed by atoms with Crippen molar-refractivity contribution in [1.82, 2.24) is 0 Å². The van der Waals surface area contributed by atoms with Crippen LogP contribution in [0.2, 0.25) is 0 Å². The quantitative estimate of drug-likeness (QED) is 0.630. The molecule has 2 aromatic carbocycles. The van der Waals surface area contributed by atoms with Gasteiger partial charge in [0.05, 0.1) is 32.8 Å². The maximum atomic E-state index is 12.4. The van der Waals surface area contributed by atoms with E-state index in [9.17, 15) is 13.6 Å². The molecule has 1 amide bonds. The fourth-order valence-electron chi connectivity index (χ4n) is 2.35. The molecule has 0 heterocycles. The third-order valence-electron chi connectivity index (χ3n) is 3.63. The number of anilines is 1. The second kappa shape index (κ2) is 10.6. The van der Waals surface area contributed by atoms with Crippen LogP contribution in [0.3, 0.4) is 0 Å². The number of carbonyl (C=O) groups is 1. The summed E-state index contributed by atoms with van der Waals surface area (Å²) >= 11 is 1.37. The van der Waals surface area contributed by atoms with E-state index in [0.29, 0.717) is 22.9 Å². The van der Waals surface area contributed by atoms with Gasteiger partial charge in [0, 0.05) is 11.8 Å². The maximum absolute atomic E-state index is 12.4. The van der Waals surface area contributed by atoms with E-state index in [-0.39, 0.29) is 23.2 Å². The second-order valence-corrected chi connectivity index (χ2v) is 6.46. The number of nitrogens with one attached hydrogen (secondary N) is 1. The molecule has 0 unspecified atom stereocenters. The van der Waals surface area contributed by atoms with Gasteiger partial charge in [-0.05, 0) is 29.8 Å². The third-order valence-corrected chi connectivity index (χ3v) is 4.63. The predicted octanol–water partition coefficient (Wildman–Crippen LogP) is 4.19. The van der Waals surface area contributed by atoms with E-state index >= 15 is 0 Å². The smallest absolute Gasteiger partial charge is 0.387 e. The zero-order chi connectivity index (χ0) is 20.5. The minimum atomic E-state index is -2.92. The number of carbonyl (C=O) groups excluding carboxylic acids is 1. The van der Waals surface area contributed by atoms with Crippen molar-refractivity contribution in [2.75, 3.05) is 32.4 Å². The normalized spacial score (nSPS) is 10.5. The maximum Gasteiger partial charge on any atom is 0.387 e. The number of halogens is 2. The highest BCUT2D eigenvalue weighted by molar-refractivity contribution is 7.99. The van der Waals surface area contributed by atoms with Gasteiger partial charge in [0.2, 0.25) is 5.91 Å². The molecule has 0 fully saturated rings. The average molecular weight is 413 g/mol. The molecular formula is C19H21F2NO5S. The molecule has 0 aromatic heterocycles. The topological polar surface area (TPSA) is 66.0 Å². The molecule has 0 bridgehead atoms. The fraction of sp³-hybridized carbons (Fsp3) is 0.316. The van der Waals surface area contributed by atoms with Crippen LogP contribution in [-0.4, -0.2) is 39.6 Å². The van der Waals surface area contributed by atoms with Crippen LogP contribution in [0.1, 0.15) is 5.56 Å². The lowest BCUT2D eigenvalue weighted by Crippen LogP contribution is -2.15. The lowest BCUT2D eigenvalue weighted by molar-refractivity contribution is -0.113. The van der Waals surface area contributed by atoms with E-state index in [0.717, 1.165) is 5.56 Å². The lowest BCUT2D eigenvalue weighted by atomic mass is 10.2.